The highest BCUT2D eigenvalue weighted by Gasteiger charge is 2.31. The smallest absolute Gasteiger partial charge is 0.406 e. The molecule has 20 heavy (non-hydrogen) atoms. The zero-order valence-corrected chi connectivity index (χ0v) is 11.4. The van der Waals surface area contributed by atoms with Gasteiger partial charge in [-0.15, -0.1) is 13.2 Å². The lowest BCUT2D eigenvalue weighted by Gasteiger charge is -2.20. The molecular formula is C14H19F3N2O. The molecule has 2 rings (SSSR count). The van der Waals surface area contributed by atoms with E-state index < -0.39 is 6.36 Å². The Morgan fingerprint density at radius 1 is 1.40 bits per heavy atom. The maximum absolute atomic E-state index is 12.2. The number of nitrogens with one attached hydrogen (secondary N) is 1. The summed E-state index contributed by atoms with van der Waals surface area (Å²) in [5.41, 5.74) is 0.783. The van der Waals surface area contributed by atoms with Gasteiger partial charge in [0.05, 0.1) is 0 Å². The van der Waals surface area contributed by atoms with Crippen LogP contribution in [0, 0.1) is 5.92 Å². The molecule has 1 aliphatic heterocycles. The molecule has 1 aromatic rings. The third kappa shape index (κ3) is 4.30. The highest BCUT2D eigenvalue weighted by Crippen LogP contribution is 2.29. The van der Waals surface area contributed by atoms with E-state index in [2.05, 4.69) is 21.9 Å². The Balaban J connectivity index is 1.98. The van der Waals surface area contributed by atoms with Crippen LogP contribution in [0.1, 0.15) is 13.3 Å². The fourth-order valence-electron chi connectivity index (χ4n) is 2.46. The second-order valence-corrected chi connectivity index (χ2v) is 4.95. The molecule has 1 unspecified atom stereocenters. The van der Waals surface area contributed by atoms with Crippen LogP contribution in [0.2, 0.25) is 0 Å². The van der Waals surface area contributed by atoms with Crippen molar-refractivity contribution in [3.8, 4) is 5.75 Å². The Bertz CT molecular complexity index is 437. The Morgan fingerprint density at radius 3 is 2.90 bits per heavy atom. The van der Waals surface area contributed by atoms with E-state index in [0.29, 0.717) is 5.92 Å². The molecule has 1 atom stereocenters. The summed E-state index contributed by atoms with van der Waals surface area (Å²) in [6.07, 6.45) is -3.59. The van der Waals surface area contributed by atoms with E-state index in [9.17, 15) is 13.2 Å². The maximum Gasteiger partial charge on any atom is 0.573 e. The molecule has 0 saturated carbocycles. The summed E-state index contributed by atoms with van der Waals surface area (Å²) in [7, 11) is 0. The quantitative estimate of drug-likeness (QED) is 0.901. The number of ether oxygens (including phenoxy) is 1. The minimum Gasteiger partial charge on any atom is -0.406 e. The Morgan fingerprint density at radius 2 is 2.20 bits per heavy atom. The largest absolute Gasteiger partial charge is 0.573 e. The highest BCUT2D eigenvalue weighted by molar-refractivity contribution is 5.51. The van der Waals surface area contributed by atoms with Crippen LogP contribution in [0.25, 0.3) is 0 Å². The molecule has 1 fully saturated rings. The minimum absolute atomic E-state index is 0.162. The van der Waals surface area contributed by atoms with Crippen molar-refractivity contribution in [1.29, 1.82) is 0 Å². The third-order valence-electron chi connectivity index (χ3n) is 3.39. The van der Waals surface area contributed by atoms with Crippen LogP contribution in [-0.2, 0) is 0 Å². The van der Waals surface area contributed by atoms with Gasteiger partial charge in [0, 0.05) is 24.8 Å². The van der Waals surface area contributed by atoms with Gasteiger partial charge in [-0.25, -0.2) is 0 Å². The lowest BCUT2D eigenvalue weighted by molar-refractivity contribution is -0.274. The summed E-state index contributed by atoms with van der Waals surface area (Å²) in [5, 5.41) is 3.30. The second-order valence-electron chi connectivity index (χ2n) is 4.95. The summed E-state index contributed by atoms with van der Waals surface area (Å²) >= 11 is 0. The Hall–Kier alpha value is -1.43. The van der Waals surface area contributed by atoms with Crippen molar-refractivity contribution in [3.05, 3.63) is 24.3 Å². The van der Waals surface area contributed by atoms with E-state index in [-0.39, 0.29) is 5.75 Å². The molecule has 1 N–H and O–H groups in total. The summed E-state index contributed by atoms with van der Waals surface area (Å²) in [6, 6.07) is 6.18. The number of hydrogen-bond donors (Lipinski definition) is 1. The van der Waals surface area contributed by atoms with Gasteiger partial charge in [-0.2, -0.15) is 0 Å². The van der Waals surface area contributed by atoms with E-state index in [0.717, 1.165) is 38.3 Å². The maximum atomic E-state index is 12.2. The first-order valence-corrected chi connectivity index (χ1v) is 6.79. The van der Waals surface area contributed by atoms with Gasteiger partial charge in [0.25, 0.3) is 0 Å². The molecule has 6 heteroatoms. The molecule has 0 bridgehead atoms. The topological polar surface area (TPSA) is 24.5 Å². The van der Waals surface area contributed by atoms with Crippen molar-refractivity contribution in [2.45, 2.75) is 19.7 Å². The first-order chi connectivity index (χ1) is 9.48. The number of hydrogen-bond acceptors (Lipinski definition) is 3. The van der Waals surface area contributed by atoms with E-state index in [4.69, 9.17) is 0 Å². The highest BCUT2D eigenvalue weighted by atomic mass is 19.4. The van der Waals surface area contributed by atoms with Crippen molar-refractivity contribution in [2.75, 3.05) is 31.1 Å². The van der Waals surface area contributed by atoms with Crippen LogP contribution in [0.15, 0.2) is 24.3 Å². The second kappa shape index (κ2) is 6.35. The van der Waals surface area contributed by atoms with E-state index in [1.165, 1.54) is 12.1 Å². The van der Waals surface area contributed by atoms with Gasteiger partial charge in [-0.3, -0.25) is 0 Å². The van der Waals surface area contributed by atoms with Crippen LogP contribution >= 0.6 is 0 Å². The van der Waals surface area contributed by atoms with E-state index in [1.807, 2.05) is 6.07 Å². The third-order valence-corrected chi connectivity index (χ3v) is 3.39. The monoisotopic (exact) mass is 288 g/mol. The predicted octanol–water partition coefficient (Wildman–Crippen LogP) is 3.02. The molecular weight excluding hydrogens is 269 g/mol. The molecule has 0 aliphatic carbocycles. The van der Waals surface area contributed by atoms with Crippen LogP contribution in [0.5, 0.6) is 5.75 Å². The molecule has 0 radical (unpaired) electrons. The average Bonchev–Trinajstić information content (AvgIpc) is 2.83. The van der Waals surface area contributed by atoms with Gasteiger partial charge in [-0.05, 0) is 37.6 Å². The fourth-order valence-corrected chi connectivity index (χ4v) is 2.46. The van der Waals surface area contributed by atoms with Crippen molar-refractivity contribution in [1.82, 2.24) is 5.32 Å². The molecule has 1 aromatic carbocycles. The van der Waals surface area contributed by atoms with Crippen LogP contribution in [0.4, 0.5) is 18.9 Å². The first-order valence-electron chi connectivity index (χ1n) is 6.79. The lowest BCUT2D eigenvalue weighted by atomic mass is 10.1. The summed E-state index contributed by atoms with van der Waals surface area (Å²) in [6.45, 7) is 5.68. The van der Waals surface area contributed by atoms with Crippen molar-refractivity contribution >= 4 is 5.69 Å². The van der Waals surface area contributed by atoms with Crippen LogP contribution < -0.4 is 15.0 Å². The van der Waals surface area contributed by atoms with Crippen molar-refractivity contribution in [2.24, 2.45) is 5.92 Å². The number of anilines is 1. The van der Waals surface area contributed by atoms with Crippen molar-refractivity contribution in [3.63, 3.8) is 0 Å². The number of alkyl halides is 3. The van der Waals surface area contributed by atoms with Gasteiger partial charge in [0.15, 0.2) is 0 Å². The van der Waals surface area contributed by atoms with Gasteiger partial charge >= 0.3 is 6.36 Å². The van der Waals surface area contributed by atoms with Gasteiger partial charge in [0.2, 0.25) is 0 Å². The van der Waals surface area contributed by atoms with Gasteiger partial charge in [-0.1, -0.05) is 13.0 Å². The van der Waals surface area contributed by atoms with Gasteiger partial charge < -0.3 is 15.0 Å². The van der Waals surface area contributed by atoms with Crippen LogP contribution in [-0.4, -0.2) is 32.5 Å². The average molecular weight is 288 g/mol. The molecule has 0 aromatic heterocycles. The fraction of sp³-hybridized carbons (Fsp3) is 0.571. The minimum atomic E-state index is -4.64. The zero-order valence-electron chi connectivity index (χ0n) is 11.4. The van der Waals surface area contributed by atoms with E-state index >= 15 is 0 Å². The predicted molar refractivity (Wildman–Crippen MR) is 72.0 cm³/mol. The molecule has 3 nitrogen and oxygen atoms in total. The Labute approximate surface area is 116 Å². The van der Waals surface area contributed by atoms with Crippen LogP contribution in [0.3, 0.4) is 0 Å². The van der Waals surface area contributed by atoms with E-state index in [1.54, 1.807) is 6.07 Å². The molecule has 112 valence electrons. The summed E-state index contributed by atoms with van der Waals surface area (Å²) < 4.78 is 40.6. The first kappa shape index (κ1) is 15.0. The van der Waals surface area contributed by atoms with Gasteiger partial charge in [0.1, 0.15) is 5.75 Å². The molecule has 1 heterocycles. The number of benzene rings is 1. The normalized spacial score (nSPS) is 19.4. The summed E-state index contributed by atoms with van der Waals surface area (Å²) in [4.78, 5) is 2.10. The standard InChI is InChI=1S/C14H19F3N2O/c1-2-18-9-11-6-7-19(10-11)12-4-3-5-13(8-12)20-14(15,16)17/h3-5,8,11,18H,2,6-7,9-10H2,1H3. The zero-order chi connectivity index (χ0) is 14.6. The molecule has 0 spiro atoms. The number of halogens is 3. The Kier molecular flexibility index (Phi) is 4.75. The summed E-state index contributed by atoms with van der Waals surface area (Å²) in [5.74, 6) is 0.382. The lowest BCUT2D eigenvalue weighted by Crippen LogP contribution is -2.26. The van der Waals surface area contributed by atoms with Crippen molar-refractivity contribution < 1.29 is 17.9 Å². The SMILES string of the molecule is CCNCC1CCN(c2cccc(OC(F)(F)F)c2)C1. The molecule has 1 aliphatic rings. The molecule has 1 saturated heterocycles. The number of rotatable bonds is 5. The number of nitrogens with zero attached hydrogens (tertiary/aromatic N) is 1. The molecule has 0 amide bonds.